The molecule has 1 fully saturated rings. The Morgan fingerprint density at radius 3 is 1.73 bits per heavy atom. The normalized spacial score (nSPS) is 38.0. The van der Waals surface area contributed by atoms with Crippen LogP contribution in [0.25, 0.3) is 0 Å². The first-order valence-corrected chi connectivity index (χ1v) is 5.55. The van der Waals surface area contributed by atoms with Crippen LogP contribution in [0.15, 0.2) is 0 Å². The highest BCUT2D eigenvalue weighted by molar-refractivity contribution is 7.91. The summed E-state index contributed by atoms with van der Waals surface area (Å²) in [5.74, 6) is 0.393. The van der Waals surface area contributed by atoms with Gasteiger partial charge in [0.05, 0.1) is 11.5 Å². The van der Waals surface area contributed by atoms with Crippen LogP contribution in [0.1, 0.15) is 12.8 Å². The summed E-state index contributed by atoms with van der Waals surface area (Å²) >= 11 is 0. The van der Waals surface area contributed by atoms with Gasteiger partial charge in [-0.3, -0.25) is 0 Å². The summed E-state index contributed by atoms with van der Waals surface area (Å²) in [6.45, 7) is 0. The van der Waals surface area contributed by atoms with Crippen LogP contribution in [0, 0.1) is 0 Å². The van der Waals surface area contributed by atoms with Crippen LogP contribution in [-0.2, 0) is 9.84 Å². The van der Waals surface area contributed by atoms with Gasteiger partial charge in [0, 0.05) is 12.1 Å². The molecule has 0 unspecified atom stereocenters. The highest BCUT2D eigenvalue weighted by Crippen LogP contribution is 2.09. The van der Waals surface area contributed by atoms with Crippen LogP contribution < -0.4 is 11.5 Å². The van der Waals surface area contributed by atoms with Crippen molar-refractivity contribution in [1.82, 2.24) is 0 Å². The number of rotatable bonds is 0. The van der Waals surface area contributed by atoms with Crippen molar-refractivity contribution >= 4 is 9.84 Å². The molecule has 4 N–H and O–H groups in total. The molecule has 11 heavy (non-hydrogen) atoms. The van der Waals surface area contributed by atoms with Crippen molar-refractivity contribution in [3.63, 3.8) is 0 Å². The second-order valence-corrected chi connectivity index (χ2v) is 5.36. The maximum absolute atomic E-state index is 11.1. The summed E-state index contributed by atoms with van der Waals surface area (Å²) in [7, 11) is -2.85. The minimum Gasteiger partial charge on any atom is -0.326 e. The van der Waals surface area contributed by atoms with Crippen LogP contribution >= 0.6 is 0 Å². The Morgan fingerprint density at radius 1 is 1.00 bits per heavy atom. The van der Waals surface area contributed by atoms with Crippen molar-refractivity contribution in [3.05, 3.63) is 0 Å². The zero-order chi connectivity index (χ0) is 8.48. The first-order valence-electron chi connectivity index (χ1n) is 3.73. The minimum absolute atomic E-state index is 0.146. The zero-order valence-corrected chi connectivity index (χ0v) is 7.18. The molecule has 1 aliphatic rings. The summed E-state index contributed by atoms with van der Waals surface area (Å²) in [5, 5.41) is 0. The second-order valence-electron chi connectivity index (χ2n) is 3.06. The predicted octanol–water partition coefficient (Wildman–Crippen LogP) is -1.15. The van der Waals surface area contributed by atoms with E-state index in [9.17, 15) is 8.42 Å². The summed E-state index contributed by atoms with van der Waals surface area (Å²) in [6.07, 6.45) is 1.01. The van der Waals surface area contributed by atoms with Crippen LogP contribution in [0.4, 0.5) is 0 Å². The van der Waals surface area contributed by atoms with Gasteiger partial charge in [0.2, 0.25) is 0 Å². The van der Waals surface area contributed by atoms with Crippen molar-refractivity contribution < 1.29 is 8.42 Å². The topological polar surface area (TPSA) is 86.2 Å². The largest absolute Gasteiger partial charge is 0.326 e. The molecule has 0 radical (unpaired) electrons. The maximum Gasteiger partial charge on any atom is 0.150 e. The standard InChI is InChI=1S/C6H14N2O2S/c7-5-1-3-11(9,10)4-2-6(5)8/h5-6H,1-4,7-8H2/t5-,6-/m0/s1. The molecule has 0 aliphatic carbocycles. The monoisotopic (exact) mass is 178 g/mol. The lowest BCUT2D eigenvalue weighted by molar-refractivity contribution is 0.513. The summed E-state index contributed by atoms with van der Waals surface area (Å²) in [6, 6.07) is -0.292. The third-order valence-corrected chi connectivity index (χ3v) is 3.79. The van der Waals surface area contributed by atoms with Crippen LogP contribution in [0.2, 0.25) is 0 Å². The van der Waals surface area contributed by atoms with Gasteiger partial charge in [-0.05, 0) is 12.8 Å². The number of sulfone groups is 1. The van der Waals surface area contributed by atoms with E-state index in [1.807, 2.05) is 0 Å². The molecule has 0 bridgehead atoms. The molecule has 66 valence electrons. The molecule has 0 aromatic rings. The van der Waals surface area contributed by atoms with E-state index in [0.717, 1.165) is 0 Å². The SMILES string of the molecule is N[C@H]1CCS(=O)(=O)CC[C@@H]1N. The molecular weight excluding hydrogens is 164 g/mol. The average molecular weight is 178 g/mol. The Bertz CT molecular complexity index is 207. The lowest BCUT2D eigenvalue weighted by Crippen LogP contribution is -2.40. The molecule has 0 aromatic heterocycles. The molecule has 4 nitrogen and oxygen atoms in total. The van der Waals surface area contributed by atoms with Crippen molar-refractivity contribution in [2.24, 2.45) is 11.5 Å². The van der Waals surface area contributed by atoms with Crippen molar-refractivity contribution in [3.8, 4) is 0 Å². The summed E-state index contributed by atoms with van der Waals surface area (Å²) in [5.41, 5.74) is 11.2. The number of nitrogens with two attached hydrogens (primary N) is 2. The Hall–Kier alpha value is -0.130. The third-order valence-electron chi connectivity index (χ3n) is 2.07. The molecular formula is C6H14N2O2S. The fourth-order valence-electron chi connectivity index (χ4n) is 1.16. The van der Waals surface area contributed by atoms with Gasteiger partial charge in [-0.15, -0.1) is 0 Å². The molecule has 0 saturated carbocycles. The Balaban J connectivity index is 2.66. The van der Waals surface area contributed by atoms with E-state index in [1.54, 1.807) is 0 Å². The first-order chi connectivity index (χ1) is 5.01. The lowest BCUT2D eigenvalue weighted by atomic mass is 10.1. The second kappa shape index (κ2) is 3.08. The van der Waals surface area contributed by atoms with Crippen molar-refractivity contribution in [1.29, 1.82) is 0 Å². The van der Waals surface area contributed by atoms with E-state index < -0.39 is 9.84 Å². The summed E-state index contributed by atoms with van der Waals surface area (Å²) < 4.78 is 22.1. The minimum atomic E-state index is -2.85. The van der Waals surface area contributed by atoms with Gasteiger partial charge < -0.3 is 11.5 Å². The fourth-order valence-corrected chi connectivity index (χ4v) is 2.63. The van der Waals surface area contributed by atoms with Gasteiger partial charge in [-0.25, -0.2) is 8.42 Å². The van der Waals surface area contributed by atoms with Crippen molar-refractivity contribution in [2.75, 3.05) is 11.5 Å². The molecule has 1 saturated heterocycles. The van der Waals surface area contributed by atoms with Crippen LogP contribution in [-0.4, -0.2) is 32.0 Å². The molecule has 1 aliphatic heterocycles. The van der Waals surface area contributed by atoms with E-state index in [2.05, 4.69) is 0 Å². The Kier molecular flexibility index (Phi) is 2.51. The summed E-state index contributed by atoms with van der Waals surface area (Å²) in [4.78, 5) is 0. The molecule has 1 heterocycles. The Labute approximate surface area is 66.9 Å². The fraction of sp³-hybridized carbons (Fsp3) is 1.00. The van der Waals surface area contributed by atoms with Gasteiger partial charge >= 0.3 is 0 Å². The highest BCUT2D eigenvalue weighted by Gasteiger charge is 2.23. The average Bonchev–Trinajstić information content (AvgIpc) is 2.03. The first kappa shape index (κ1) is 8.96. The molecule has 1 rings (SSSR count). The molecule has 0 amide bonds. The number of hydrogen-bond donors (Lipinski definition) is 2. The lowest BCUT2D eigenvalue weighted by Gasteiger charge is -2.13. The maximum atomic E-state index is 11.1. The third kappa shape index (κ3) is 2.43. The van der Waals surface area contributed by atoms with E-state index in [4.69, 9.17) is 11.5 Å². The van der Waals surface area contributed by atoms with E-state index in [0.29, 0.717) is 12.8 Å². The zero-order valence-electron chi connectivity index (χ0n) is 6.36. The molecule has 2 atom stereocenters. The molecule has 0 aromatic carbocycles. The smallest absolute Gasteiger partial charge is 0.150 e. The van der Waals surface area contributed by atoms with E-state index in [-0.39, 0.29) is 23.6 Å². The number of hydrogen-bond acceptors (Lipinski definition) is 4. The Morgan fingerprint density at radius 2 is 1.36 bits per heavy atom. The molecule has 0 spiro atoms. The van der Waals surface area contributed by atoms with E-state index in [1.165, 1.54) is 0 Å². The van der Waals surface area contributed by atoms with E-state index >= 15 is 0 Å². The molecule has 5 heteroatoms. The highest BCUT2D eigenvalue weighted by atomic mass is 32.2. The van der Waals surface area contributed by atoms with Crippen LogP contribution in [0.3, 0.4) is 0 Å². The van der Waals surface area contributed by atoms with Gasteiger partial charge in [0.1, 0.15) is 9.84 Å². The van der Waals surface area contributed by atoms with Gasteiger partial charge in [-0.1, -0.05) is 0 Å². The van der Waals surface area contributed by atoms with Gasteiger partial charge in [0.25, 0.3) is 0 Å². The predicted molar refractivity (Wildman–Crippen MR) is 43.8 cm³/mol. The van der Waals surface area contributed by atoms with Gasteiger partial charge in [-0.2, -0.15) is 0 Å². The van der Waals surface area contributed by atoms with Gasteiger partial charge in [0.15, 0.2) is 0 Å². The quantitative estimate of drug-likeness (QED) is 0.490. The van der Waals surface area contributed by atoms with Crippen molar-refractivity contribution in [2.45, 2.75) is 24.9 Å². The van der Waals surface area contributed by atoms with Crippen LogP contribution in [0.5, 0.6) is 0 Å².